The van der Waals surface area contributed by atoms with Crippen LogP contribution in [-0.2, 0) is 4.79 Å². The van der Waals surface area contributed by atoms with Crippen molar-refractivity contribution in [2.75, 3.05) is 22.9 Å². The number of halogens is 3. The Labute approximate surface area is 266 Å². The zero-order valence-corrected chi connectivity index (χ0v) is 26.0. The van der Waals surface area contributed by atoms with Gasteiger partial charge in [0.05, 0.1) is 33.4 Å². The van der Waals surface area contributed by atoms with E-state index < -0.39 is 12.0 Å². The number of anilines is 2. The number of aliphatic imine (C=N–C) groups is 1. The maximum Gasteiger partial charge on any atom is 0.259 e. The molecule has 0 aromatic heterocycles. The topological polar surface area (TPSA) is 53.0 Å². The number of rotatable bonds is 6. The van der Waals surface area contributed by atoms with Gasteiger partial charge >= 0.3 is 0 Å². The number of hydrogen-bond acceptors (Lipinski definition) is 4. The fourth-order valence-electron chi connectivity index (χ4n) is 6.48. The average molecular weight is 629 g/mol. The molecule has 1 heterocycles. The summed E-state index contributed by atoms with van der Waals surface area (Å²) in [5.74, 6) is -1.46. The number of nitrogens with zero attached hydrogens (tertiary/aromatic N) is 3. The van der Waals surface area contributed by atoms with Crippen molar-refractivity contribution in [3.63, 3.8) is 0 Å². The van der Waals surface area contributed by atoms with Gasteiger partial charge in [-0.25, -0.2) is 4.39 Å². The summed E-state index contributed by atoms with van der Waals surface area (Å²) >= 11 is 12.6. The minimum absolute atomic E-state index is 0.0121. The molecule has 44 heavy (non-hydrogen) atoms. The summed E-state index contributed by atoms with van der Waals surface area (Å²) in [5.41, 5.74) is 5.07. The molecular weight excluding hydrogens is 596 g/mol. The first-order valence-corrected chi connectivity index (χ1v) is 15.6. The van der Waals surface area contributed by atoms with Crippen LogP contribution in [0.25, 0.3) is 0 Å². The molecule has 0 radical (unpaired) electrons. The summed E-state index contributed by atoms with van der Waals surface area (Å²) < 4.78 is 13.7. The molecule has 3 atom stereocenters. The average Bonchev–Trinajstić information content (AvgIpc) is 3.18. The lowest BCUT2D eigenvalue weighted by Crippen LogP contribution is -2.45. The van der Waals surface area contributed by atoms with E-state index in [0.29, 0.717) is 34.1 Å². The number of amides is 1. The van der Waals surface area contributed by atoms with E-state index >= 15 is 0 Å². The number of Topliss-reactive ketones (excluding diaryl/α,β-unsaturated/α-hetero) is 1. The van der Waals surface area contributed by atoms with Crippen LogP contribution in [0.3, 0.4) is 0 Å². The first kappa shape index (κ1) is 30.0. The van der Waals surface area contributed by atoms with E-state index in [1.807, 2.05) is 48.5 Å². The quantitative estimate of drug-likeness (QED) is 0.214. The molecule has 1 fully saturated rings. The molecule has 1 aliphatic carbocycles. The summed E-state index contributed by atoms with van der Waals surface area (Å²) in [7, 11) is 0. The van der Waals surface area contributed by atoms with Gasteiger partial charge in [0.1, 0.15) is 11.6 Å². The number of fused-ring (bicyclic) bond motifs is 2. The lowest BCUT2D eigenvalue weighted by atomic mass is 9.72. The maximum absolute atomic E-state index is 14.5. The SMILES string of the molecule is CCN(CC)c1ccc(C2C3C(=O)CC(c4ccc(F)cc4)CC3=Nc3ccccc3N2C(=O)c2ccc(Cl)c(Cl)c2)cc1. The van der Waals surface area contributed by atoms with E-state index in [9.17, 15) is 14.0 Å². The Bertz CT molecular complexity index is 1740. The van der Waals surface area contributed by atoms with Gasteiger partial charge in [-0.1, -0.05) is 59.6 Å². The van der Waals surface area contributed by atoms with Crippen molar-refractivity contribution in [3.8, 4) is 0 Å². The van der Waals surface area contributed by atoms with E-state index in [2.05, 4.69) is 18.7 Å². The Morgan fingerprint density at radius 3 is 2.25 bits per heavy atom. The van der Waals surface area contributed by atoms with Gasteiger partial charge in [-0.15, -0.1) is 0 Å². The molecule has 6 rings (SSSR count). The van der Waals surface area contributed by atoms with Gasteiger partial charge < -0.3 is 4.90 Å². The first-order valence-electron chi connectivity index (χ1n) is 14.9. The Balaban J connectivity index is 1.52. The maximum atomic E-state index is 14.5. The number of carbonyl (C=O) groups excluding carboxylic acids is 2. The monoisotopic (exact) mass is 627 g/mol. The molecule has 0 N–H and O–H groups in total. The first-order chi connectivity index (χ1) is 21.3. The Kier molecular flexibility index (Phi) is 8.57. The molecule has 1 saturated carbocycles. The van der Waals surface area contributed by atoms with Crippen LogP contribution in [0.2, 0.25) is 10.0 Å². The van der Waals surface area contributed by atoms with Crippen LogP contribution in [0.15, 0.2) is 96.0 Å². The molecule has 0 spiro atoms. The number of benzene rings is 4. The lowest BCUT2D eigenvalue weighted by Gasteiger charge is -2.39. The normalized spacial score (nSPS) is 19.5. The summed E-state index contributed by atoms with van der Waals surface area (Å²) in [6.07, 6.45) is 0.772. The smallest absolute Gasteiger partial charge is 0.259 e. The second-order valence-electron chi connectivity index (χ2n) is 11.2. The summed E-state index contributed by atoms with van der Waals surface area (Å²) in [6.45, 7) is 5.94. The molecule has 4 aromatic carbocycles. The van der Waals surface area contributed by atoms with E-state index in [0.717, 1.165) is 29.9 Å². The van der Waals surface area contributed by atoms with Crippen LogP contribution >= 0.6 is 23.2 Å². The van der Waals surface area contributed by atoms with Gasteiger partial charge in [-0.3, -0.25) is 19.5 Å². The molecule has 5 nitrogen and oxygen atoms in total. The van der Waals surface area contributed by atoms with E-state index in [1.165, 1.54) is 12.1 Å². The van der Waals surface area contributed by atoms with Gasteiger partial charge in [0.25, 0.3) is 5.91 Å². The van der Waals surface area contributed by atoms with Crippen molar-refractivity contribution in [2.24, 2.45) is 10.9 Å². The standard InChI is InChI=1S/C36H32Cl2FN3O2/c1-3-41(4-2)27-16-11-23(12-17-27)35-34-31(20-25(21-33(34)43)22-9-14-26(39)15-10-22)40-30-7-5-6-8-32(30)42(35)36(44)24-13-18-28(37)29(38)19-24/h5-19,25,34-35H,3-4,20-21H2,1-2H3. The van der Waals surface area contributed by atoms with E-state index in [-0.39, 0.29) is 34.9 Å². The van der Waals surface area contributed by atoms with Gasteiger partial charge in [0.2, 0.25) is 0 Å². The van der Waals surface area contributed by atoms with Gasteiger partial charge in [-0.2, -0.15) is 0 Å². The Morgan fingerprint density at radius 2 is 1.57 bits per heavy atom. The fourth-order valence-corrected chi connectivity index (χ4v) is 6.78. The van der Waals surface area contributed by atoms with Gasteiger partial charge in [0.15, 0.2) is 0 Å². The highest BCUT2D eigenvalue weighted by Gasteiger charge is 2.46. The number of hydrogen-bond donors (Lipinski definition) is 0. The molecule has 1 aliphatic heterocycles. The largest absolute Gasteiger partial charge is 0.372 e. The van der Waals surface area contributed by atoms with Crippen molar-refractivity contribution in [1.82, 2.24) is 0 Å². The van der Waals surface area contributed by atoms with Crippen molar-refractivity contribution in [1.29, 1.82) is 0 Å². The van der Waals surface area contributed by atoms with Crippen molar-refractivity contribution < 1.29 is 14.0 Å². The predicted molar refractivity (Wildman–Crippen MR) is 176 cm³/mol. The van der Waals surface area contributed by atoms with Crippen LogP contribution in [0, 0.1) is 11.7 Å². The van der Waals surface area contributed by atoms with Crippen LogP contribution in [0.5, 0.6) is 0 Å². The number of carbonyl (C=O) groups is 2. The second kappa shape index (κ2) is 12.5. The van der Waals surface area contributed by atoms with Crippen LogP contribution in [0.4, 0.5) is 21.5 Å². The van der Waals surface area contributed by atoms with E-state index in [4.69, 9.17) is 28.2 Å². The predicted octanol–water partition coefficient (Wildman–Crippen LogP) is 9.22. The highest BCUT2D eigenvalue weighted by Crippen LogP contribution is 2.48. The van der Waals surface area contributed by atoms with Crippen LogP contribution in [-0.4, -0.2) is 30.5 Å². The molecule has 3 unspecified atom stereocenters. The second-order valence-corrected chi connectivity index (χ2v) is 12.0. The fraction of sp³-hybridized carbons (Fsp3) is 0.250. The molecule has 1 amide bonds. The molecule has 2 aliphatic rings. The van der Waals surface area contributed by atoms with Crippen molar-refractivity contribution in [3.05, 3.63) is 124 Å². The number of para-hydroxylation sites is 2. The van der Waals surface area contributed by atoms with Gasteiger partial charge in [0, 0.05) is 36.5 Å². The Hall–Kier alpha value is -4.00. The Morgan fingerprint density at radius 1 is 0.886 bits per heavy atom. The van der Waals surface area contributed by atoms with Crippen molar-refractivity contribution >= 4 is 57.7 Å². The molecule has 0 bridgehead atoms. The lowest BCUT2D eigenvalue weighted by molar-refractivity contribution is -0.122. The molecule has 0 saturated heterocycles. The van der Waals surface area contributed by atoms with Crippen LogP contribution < -0.4 is 9.80 Å². The minimum Gasteiger partial charge on any atom is -0.372 e. The minimum atomic E-state index is -0.676. The third-order valence-corrected chi connectivity index (χ3v) is 9.44. The van der Waals surface area contributed by atoms with E-state index in [1.54, 1.807) is 35.2 Å². The van der Waals surface area contributed by atoms with Crippen molar-refractivity contribution in [2.45, 2.75) is 38.6 Å². The number of ketones is 1. The molecule has 4 aromatic rings. The summed E-state index contributed by atoms with van der Waals surface area (Å²) in [4.78, 5) is 37.9. The highest BCUT2D eigenvalue weighted by molar-refractivity contribution is 6.42. The molecular formula is C36H32Cl2FN3O2. The van der Waals surface area contributed by atoms with Crippen LogP contribution in [0.1, 0.15) is 60.1 Å². The summed E-state index contributed by atoms with van der Waals surface area (Å²) in [6, 6.07) is 26.1. The zero-order valence-electron chi connectivity index (χ0n) is 24.5. The molecule has 8 heteroatoms. The third-order valence-electron chi connectivity index (χ3n) is 8.70. The third kappa shape index (κ3) is 5.64. The zero-order chi connectivity index (χ0) is 31.0. The molecule has 224 valence electrons. The highest BCUT2D eigenvalue weighted by atomic mass is 35.5. The summed E-state index contributed by atoms with van der Waals surface area (Å²) in [5, 5.41) is 0.622. The van der Waals surface area contributed by atoms with Gasteiger partial charge in [-0.05, 0) is 91.9 Å².